The molecular weight excluding hydrogens is 381 g/mol. The van der Waals surface area contributed by atoms with Crippen LogP contribution in [-0.2, 0) is 16.4 Å². The van der Waals surface area contributed by atoms with Gasteiger partial charge in [0.05, 0.1) is 0 Å². The standard InChI is InChI=1S/C17H25F3N4O2S/c1-2-21-16(22-11-8-14-6-4-3-5-7-14)23-15-9-12-24(13-10-15)27(25,26)17(18,19)20/h3-7,15H,2,8-13H2,1H3,(H2,21,22,23). The molecule has 2 rings (SSSR count). The molecule has 0 aliphatic carbocycles. The highest BCUT2D eigenvalue weighted by Crippen LogP contribution is 2.28. The third-order valence-electron chi connectivity index (χ3n) is 4.28. The molecule has 1 aromatic rings. The van der Waals surface area contributed by atoms with E-state index in [2.05, 4.69) is 15.6 Å². The van der Waals surface area contributed by atoms with Gasteiger partial charge in [-0.3, -0.25) is 4.99 Å². The van der Waals surface area contributed by atoms with Gasteiger partial charge in [-0.25, -0.2) is 8.42 Å². The second kappa shape index (κ2) is 9.41. The van der Waals surface area contributed by atoms with E-state index in [1.807, 2.05) is 37.3 Å². The lowest BCUT2D eigenvalue weighted by atomic mass is 10.1. The van der Waals surface area contributed by atoms with Crippen LogP contribution in [0.5, 0.6) is 0 Å². The number of piperidine rings is 1. The average molecular weight is 406 g/mol. The normalized spacial score (nSPS) is 17.7. The van der Waals surface area contributed by atoms with Crippen LogP contribution in [0.4, 0.5) is 13.2 Å². The van der Waals surface area contributed by atoms with Gasteiger partial charge in [-0.1, -0.05) is 30.3 Å². The van der Waals surface area contributed by atoms with Gasteiger partial charge in [0.25, 0.3) is 0 Å². The minimum Gasteiger partial charge on any atom is -0.357 e. The van der Waals surface area contributed by atoms with Crippen molar-refractivity contribution in [2.24, 2.45) is 4.99 Å². The molecule has 0 amide bonds. The highest BCUT2D eigenvalue weighted by molar-refractivity contribution is 7.90. The summed E-state index contributed by atoms with van der Waals surface area (Å²) in [5.74, 6) is 0.588. The first-order valence-corrected chi connectivity index (χ1v) is 10.3. The fourth-order valence-electron chi connectivity index (χ4n) is 2.84. The number of hydrogen-bond acceptors (Lipinski definition) is 3. The molecule has 2 N–H and O–H groups in total. The summed E-state index contributed by atoms with van der Waals surface area (Å²) in [5, 5.41) is 6.30. The van der Waals surface area contributed by atoms with E-state index in [9.17, 15) is 21.6 Å². The number of nitrogens with one attached hydrogen (secondary N) is 2. The summed E-state index contributed by atoms with van der Waals surface area (Å²) >= 11 is 0. The molecule has 0 radical (unpaired) electrons. The number of nitrogens with zero attached hydrogens (tertiary/aromatic N) is 2. The molecule has 6 nitrogen and oxygen atoms in total. The lowest BCUT2D eigenvalue weighted by Crippen LogP contribution is -2.51. The molecule has 1 saturated heterocycles. The number of benzene rings is 1. The molecule has 0 aromatic heterocycles. The Morgan fingerprint density at radius 2 is 1.85 bits per heavy atom. The summed E-state index contributed by atoms with van der Waals surface area (Å²) in [4.78, 5) is 4.49. The number of aliphatic imine (C=N–C) groups is 1. The van der Waals surface area contributed by atoms with Crippen molar-refractivity contribution < 1.29 is 21.6 Å². The maximum absolute atomic E-state index is 12.6. The molecular formula is C17H25F3N4O2S. The summed E-state index contributed by atoms with van der Waals surface area (Å²) < 4.78 is 61.3. The van der Waals surface area contributed by atoms with Gasteiger partial charge >= 0.3 is 15.5 Å². The number of rotatable bonds is 6. The summed E-state index contributed by atoms with van der Waals surface area (Å²) in [6.45, 7) is 2.82. The van der Waals surface area contributed by atoms with Gasteiger partial charge in [0.2, 0.25) is 0 Å². The third kappa shape index (κ3) is 6.10. The molecule has 0 unspecified atom stereocenters. The first kappa shape index (κ1) is 21.5. The van der Waals surface area contributed by atoms with Gasteiger partial charge in [0.15, 0.2) is 5.96 Å². The smallest absolute Gasteiger partial charge is 0.357 e. The van der Waals surface area contributed by atoms with Crippen molar-refractivity contribution in [1.29, 1.82) is 0 Å². The Balaban J connectivity index is 1.87. The molecule has 0 saturated carbocycles. The van der Waals surface area contributed by atoms with Crippen LogP contribution < -0.4 is 10.6 Å². The largest absolute Gasteiger partial charge is 0.511 e. The SMILES string of the molecule is CCNC(=NCCc1ccccc1)NC1CCN(S(=O)(=O)C(F)(F)F)CC1. The van der Waals surface area contributed by atoms with E-state index in [1.54, 1.807) is 0 Å². The van der Waals surface area contributed by atoms with Gasteiger partial charge in [0.1, 0.15) is 0 Å². The van der Waals surface area contributed by atoms with Crippen LogP contribution in [0.3, 0.4) is 0 Å². The minimum absolute atomic E-state index is 0.126. The van der Waals surface area contributed by atoms with E-state index >= 15 is 0 Å². The lowest BCUT2D eigenvalue weighted by molar-refractivity contribution is -0.0494. The quantitative estimate of drug-likeness (QED) is 0.561. The number of hydrogen-bond donors (Lipinski definition) is 2. The van der Waals surface area contributed by atoms with Gasteiger partial charge < -0.3 is 10.6 Å². The summed E-state index contributed by atoms with van der Waals surface area (Å²) in [7, 11) is -5.25. The van der Waals surface area contributed by atoms with Crippen molar-refractivity contribution in [2.75, 3.05) is 26.2 Å². The Morgan fingerprint density at radius 1 is 1.22 bits per heavy atom. The fraction of sp³-hybridized carbons (Fsp3) is 0.588. The number of alkyl halides is 3. The van der Waals surface area contributed by atoms with Crippen molar-refractivity contribution in [2.45, 2.75) is 37.7 Å². The molecule has 1 aliphatic heterocycles. The van der Waals surface area contributed by atoms with Crippen LogP contribution >= 0.6 is 0 Å². The Kier molecular flexibility index (Phi) is 7.49. The second-order valence-electron chi connectivity index (χ2n) is 6.26. The molecule has 1 aliphatic rings. The molecule has 0 bridgehead atoms. The van der Waals surface area contributed by atoms with Crippen LogP contribution in [0.15, 0.2) is 35.3 Å². The van der Waals surface area contributed by atoms with Crippen molar-refractivity contribution in [3.05, 3.63) is 35.9 Å². The van der Waals surface area contributed by atoms with Crippen LogP contribution in [0.2, 0.25) is 0 Å². The molecule has 152 valence electrons. The summed E-state index contributed by atoms with van der Waals surface area (Å²) in [5.41, 5.74) is -4.08. The van der Waals surface area contributed by atoms with E-state index < -0.39 is 15.5 Å². The molecule has 1 fully saturated rings. The van der Waals surface area contributed by atoms with E-state index in [0.29, 0.717) is 36.2 Å². The fourth-order valence-corrected chi connectivity index (χ4v) is 3.83. The van der Waals surface area contributed by atoms with Gasteiger partial charge in [0, 0.05) is 32.2 Å². The van der Waals surface area contributed by atoms with Crippen LogP contribution in [0, 0.1) is 0 Å². The second-order valence-corrected chi connectivity index (χ2v) is 8.19. The number of halogens is 3. The van der Waals surface area contributed by atoms with E-state index in [-0.39, 0.29) is 19.1 Å². The first-order chi connectivity index (χ1) is 12.7. The zero-order chi connectivity index (χ0) is 19.9. The highest BCUT2D eigenvalue weighted by atomic mass is 32.2. The predicted octanol–water partition coefficient (Wildman–Crippen LogP) is 2.10. The number of guanidine groups is 1. The zero-order valence-corrected chi connectivity index (χ0v) is 16.0. The minimum atomic E-state index is -5.25. The Hall–Kier alpha value is -1.81. The molecule has 1 heterocycles. The van der Waals surface area contributed by atoms with Crippen molar-refractivity contribution >= 4 is 16.0 Å². The summed E-state index contributed by atoms with van der Waals surface area (Å²) in [6.07, 6.45) is 1.36. The maximum atomic E-state index is 12.6. The average Bonchev–Trinajstić information content (AvgIpc) is 2.62. The topological polar surface area (TPSA) is 73.8 Å². The van der Waals surface area contributed by atoms with E-state index in [4.69, 9.17) is 0 Å². The van der Waals surface area contributed by atoms with Crippen molar-refractivity contribution in [3.63, 3.8) is 0 Å². The van der Waals surface area contributed by atoms with Crippen LogP contribution in [0.25, 0.3) is 0 Å². The van der Waals surface area contributed by atoms with Gasteiger partial charge in [-0.05, 0) is 31.7 Å². The Morgan fingerprint density at radius 3 is 2.41 bits per heavy atom. The lowest BCUT2D eigenvalue weighted by Gasteiger charge is -2.32. The zero-order valence-electron chi connectivity index (χ0n) is 15.2. The Labute approximate surface area is 157 Å². The van der Waals surface area contributed by atoms with Crippen molar-refractivity contribution in [3.8, 4) is 0 Å². The first-order valence-electron chi connectivity index (χ1n) is 8.89. The van der Waals surface area contributed by atoms with Gasteiger partial charge in [-0.15, -0.1) is 0 Å². The van der Waals surface area contributed by atoms with Crippen LogP contribution in [0.1, 0.15) is 25.3 Å². The molecule has 0 atom stereocenters. The Bertz CT molecular complexity index is 715. The predicted molar refractivity (Wildman–Crippen MR) is 98.8 cm³/mol. The molecule has 0 spiro atoms. The van der Waals surface area contributed by atoms with Gasteiger partial charge in [-0.2, -0.15) is 17.5 Å². The van der Waals surface area contributed by atoms with E-state index in [1.165, 1.54) is 5.56 Å². The maximum Gasteiger partial charge on any atom is 0.511 e. The summed E-state index contributed by atoms with van der Waals surface area (Å²) in [6, 6.07) is 9.79. The monoisotopic (exact) mass is 406 g/mol. The third-order valence-corrected chi connectivity index (χ3v) is 5.91. The highest BCUT2D eigenvalue weighted by Gasteiger charge is 2.50. The molecule has 10 heteroatoms. The van der Waals surface area contributed by atoms with Crippen LogP contribution in [-0.4, -0.2) is 56.4 Å². The molecule has 27 heavy (non-hydrogen) atoms. The van der Waals surface area contributed by atoms with Crippen molar-refractivity contribution in [1.82, 2.24) is 14.9 Å². The van der Waals surface area contributed by atoms with E-state index in [0.717, 1.165) is 6.42 Å². The molecule has 1 aromatic carbocycles. The number of sulfonamides is 1.